The number of thioether (sulfide) groups is 1. The van der Waals surface area contributed by atoms with Crippen LogP contribution in [0.5, 0.6) is 0 Å². The number of nitrogens with zero attached hydrogens (tertiary/aromatic N) is 3. The van der Waals surface area contributed by atoms with E-state index in [1.807, 2.05) is 10.8 Å². The summed E-state index contributed by atoms with van der Waals surface area (Å²) in [5, 5.41) is 1.92. The molecule has 0 bridgehead atoms. The fourth-order valence-electron chi connectivity index (χ4n) is 2.81. The summed E-state index contributed by atoms with van der Waals surface area (Å²) in [5.74, 6) is 0. The number of hydrogen-bond acceptors (Lipinski definition) is 5. The maximum Gasteiger partial charge on any atom is 0.200 e. The number of aromatic nitrogens is 3. The minimum atomic E-state index is -0.186. The summed E-state index contributed by atoms with van der Waals surface area (Å²) in [4.78, 5) is 21.8. The highest BCUT2D eigenvalue weighted by Crippen LogP contribution is 2.34. The normalized spacial score (nSPS) is 14.7. The van der Waals surface area contributed by atoms with Crippen LogP contribution in [-0.4, -0.2) is 34.0 Å². The van der Waals surface area contributed by atoms with Gasteiger partial charge in [0, 0.05) is 23.5 Å². The molecule has 128 valence electrons. The maximum absolute atomic E-state index is 13.1. The Morgan fingerprint density at radius 2 is 2.00 bits per heavy atom. The lowest BCUT2D eigenvalue weighted by atomic mass is 10.0. The molecule has 0 atom stereocenters. The van der Waals surface area contributed by atoms with Gasteiger partial charge >= 0.3 is 0 Å². The molecule has 2 aromatic heterocycles. The molecule has 0 spiro atoms. The van der Waals surface area contributed by atoms with Crippen molar-refractivity contribution in [3.05, 3.63) is 50.9 Å². The van der Waals surface area contributed by atoms with Gasteiger partial charge in [0.1, 0.15) is 5.65 Å². The number of pyridine rings is 1. The Morgan fingerprint density at radius 1 is 1.28 bits per heavy atom. The van der Waals surface area contributed by atoms with Crippen molar-refractivity contribution in [3.63, 3.8) is 0 Å². The predicted molar refractivity (Wildman–Crippen MR) is 101 cm³/mol. The first kappa shape index (κ1) is 16.8. The lowest BCUT2D eigenvalue weighted by Gasteiger charge is -2.30. The van der Waals surface area contributed by atoms with Crippen LogP contribution in [-0.2, 0) is 4.74 Å². The Kier molecular flexibility index (Phi) is 4.45. The highest BCUT2D eigenvalue weighted by molar-refractivity contribution is 7.98. The van der Waals surface area contributed by atoms with E-state index in [4.69, 9.17) is 27.9 Å². The Hall–Kier alpha value is -1.60. The van der Waals surface area contributed by atoms with Gasteiger partial charge in [0.25, 0.3) is 0 Å². The van der Waals surface area contributed by atoms with Gasteiger partial charge in [0.2, 0.25) is 5.43 Å². The molecule has 1 saturated heterocycles. The van der Waals surface area contributed by atoms with Crippen molar-refractivity contribution in [2.45, 2.75) is 11.2 Å². The first-order valence-electron chi connectivity index (χ1n) is 7.58. The van der Waals surface area contributed by atoms with E-state index < -0.39 is 0 Å². The minimum absolute atomic E-state index is 0.118. The molecule has 25 heavy (non-hydrogen) atoms. The van der Waals surface area contributed by atoms with Crippen LogP contribution in [0.1, 0.15) is 6.04 Å². The van der Waals surface area contributed by atoms with Gasteiger partial charge in [-0.2, -0.15) is 0 Å². The highest BCUT2D eigenvalue weighted by atomic mass is 35.5. The van der Waals surface area contributed by atoms with Gasteiger partial charge in [0.05, 0.1) is 34.7 Å². The van der Waals surface area contributed by atoms with E-state index in [0.29, 0.717) is 50.6 Å². The van der Waals surface area contributed by atoms with E-state index in [0.717, 1.165) is 0 Å². The Morgan fingerprint density at radius 3 is 2.60 bits per heavy atom. The molecular weight excluding hydrogens is 381 g/mol. The average molecular weight is 394 g/mol. The first-order valence-corrected chi connectivity index (χ1v) is 9.56. The standard InChI is InChI=1S/C17H13Cl2N3O2S/c1-25-17-20-5-10-15(23)11(14-12(18)3-2-4-13(14)19)6-22(16(10)21-17)9-7-24-8-9/h2-6,9H,7-8H2,1H3. The van der Waals surface area contributed by atoms with E-state index in [-0.39, 0.29) is 11.5 Å². The fraction of sp³-hybridized carbons (Fsp3) is 0.235. The number of hydrogen-bond donors (Lipinski definition) is 0. The van der Waals surface area contributed by atoms with Crippen LogP contribution in [0.4, 0.5) is 0 Å². The monoisotopic (exact) mass is 393 g/mol. The molecule has 8 heteroatoms. The molecule has 0 aliphatic carbocycles. The second kappa shape index (κ2) is 6.61. The van der Waals surface area contributed by atoms with Gasteiger partial charge in [0.15, 0.2) is 5.16 Å². The number of halogens is 2. The summed E-state index contributed by atoms with van der Waals surface area (Å²) >= 11 is 14.1. The van der Waals surface area contributed by atoms with Crippen LogP contribution in [0.15, 0.2) is 40.5 Å². The lowest BCUT2D eigenvalue weighted by molar-refractivity contribution is -0.0218. The van der Waals surface area contributed by atoms with Gasteiger partial charge in [-0.15, -0.1) is 0 Å². The Bertz CT molecular complexity index is 1010. The number of fused-ring (bicyclic) bond motifs is 1. The molecule has 1 aliphatic rings. The van der Waals surface area contributed by atoms with Crippen molar-refractivity contribution in [2.24, 2.45) is 0 Å². The van der Waals surface area contributed by atoms with Crippen LogP contribution in [0, 0.1) is 0 Å². The summed E-state index contributed by atoms with van der Waals surface area (Å²) in [7, 11) is 0. The van der Waals surface area contributed by atoms with E-state index in [1.165, 1.54) is 11.8 Å². The molecule has 4 rings (SSSR count). The van der Waals surface area contributed by atoms with Crippen LogP contribution in [0.3, 0.4) is 0 Å². The van der Waals surface area contributed by atoms with E-state index >= 15 is 0 Å². The molecule has 1 fully saturated rings. The zero-order valence-corrected chi connectivity index (χ0v) is 15.5. The highest BCUT2D eigenvalue weighted by Gasteiger charge is 2.25. The van der Waals surface area contributed by atoms with Gasteiger partial charge in [-0.25, -0.2) is 9.97 Å². The van der Waals surface area contributed by atoms with Crippen molar-refractivity contribution in [3.8, 4) is 11.1 Å². The molecule has 3 heterocycles. The minimum Gasteiger partial charge on any atom is -0.377 e. The zero-order valence-electron chi connectivity index (χ0n) is 13.2. The predicted octanol–water partition coefficient (Wildman–Crippen LogP) is 4.06. The molecule has 0 amide bonds. The molecule has 0 N–H and O–H groups in total. The summed E-state index contributed by atoms with van der Waals surface area (Å²) in [6, 6.07) is 5.31. The number of rotatable bonds is 3. The molecular formula is C17H13Cl2N3O2S. The largest absolute Gasteiger partial charge is 0.377 e. The van der Waals surface area contributed by atoms with Gasteiger partial charge in [-0.05, 0) is 18.4 Å². The summed E-state index contributed by atoms with van der Waals surface area (Å²) in [5.41, 5.74) is 1.38. The second-order valence-electron chi connectivity index (χ2n) is 5.66. The molecule has 5 nitrogen and oxygen atoms in total. The smallest absolute Gasteiger partial charge is 0.200 e. The van der Waals surface area contributed by atoms with Gasteiger partial charge in [-0.1, -0.05) is 41.0 Å². The topological polar surface area (TPSA) is 57.0 Å². The third-order valence-corrected chi connectivity index (χ3v) is 5.37. The number of benzene rings is 1. The van der Waals surface area contributed by atoms with Gasteiger partial charge < -0.3 is 9.30 Å². The van der Waals surface area contributed by atoms with Crippen molar-refractivity contribution in [1.29, 1.82) is 0 Å². The second-order valence-corrected chi connectivity index (χ2v) is 7.25. The lowest BCUT2D eigenvalue weighted by Crippen LogP contribution is -2.32. The van der Waals surface area contributed by atoms with Gasteiger partial charge in [-0.3, -0.25) is 4.79 Å². The van der Waals surface area contributed by atoms with Crippen LogP contribution >= 0.6 is 35.0 Å². The van der Waals surface area contributed by atoms with Crippen molar-refractivity contribution < 1.29 is 4.74 Å². The third kappa shape index (κ3) is 2.83. The van der Waals surface area contributed by atoms with Crippen LogP contribution < -0.4 is 5.43 Å². The maximum atomic E-state index is 13.1. The molecule has 0 unspecified atom stereocenters. The summed E-state index contributed by atoms with van der Waals surface area (Å²) in [6.45, 7) is 1.15. The Labute approximate surface area is 157 Å². The van der Waals surface area contributed by atoms with Crippen molar-refractivity contribution >= 4 is 46.0 Å². The Balaban J connectivity index is 2.07. The van der Waals surface area contributed by atoms with Crippen molar-refractivity contribution in [2.75, 3.05) is 19.5 Å². The molecule has 3 aromatic rings. The fourth-order valence-corrected chi connectivity index (χ4v) is 3.75. The molecule has 0 radical (unpaired) electrons. The third-order valence-electron chi connectivity index (χ3n) is 4.18. The summed E-state index contributed by atoms with van der Waals surface area (Å²) in [6.07, 6.45) is 5.25. The molecule has 1 aliphatic heterocycles. The van der Waals surface area contributed by atoms with E-state index in [2.05, 4.69) is 9.97 Å². The average Bonchev–Trinajstić information content (AvgIpc) is 2.56. The molecule has 1 aromatic carbocycles. The molecule has 0 saturated carbocycles. The van der Waals surface area contributed by atoms with E-state index in [1.54, 1.807) is 30.6 Å². The van der Waals surface area contributed by atoms with Crippen LogP contribution in [0.25, 0.3) is 22.2 Å². The summed E-state index contributed by atoms with van der Waals surface area (Å²) < 4.78 is 7.29. The first-order chi connectivity index (χ1) is 12.1. The van der Waals surface area contributed by atoms with Crippen molar-refractivity contribution in [1.82, 2.24) is 14.5 Å². The SMILES string of the molecule is CSc1ncc2c(=O)c(-c3c(Cl)cccc3Cl)cn(C3COC3)c2n1. The zero-order chi connectivity index (χ0) is 17.6. The quantitative estimate of drug-likeness (QED) is 0.495. The number of ether oxygens (including phenoxy) is 1. The van der Waals surface area contributed by atoms with Crippen LogP contribution in [0.2, 0.25) is 10.0 Å². The van der Waals surface area contributed by atoms with E-state index in [9.17, 15) is 4.79 Å².